The third-order valence-electron chi connectivity index (χ3n) is 6.63. The number of nitrogens with one attached hydrogen (secondary N) is 4. The molecule has 13 nitrogen and oxygen atoms in total. The fraction of sp³-hybridized carbons (Fsp3) is 0.167. The van der Waals surface area contributed by atoms with E-state index in [0.29, 0.717) is 34.8 Å². The molecule has 0 atom stereocenters. The predicted octanol–water partition coefficient (Wildman–Crippen LogP) is 7.28. The number of carbonyl (C=O) groups excluding carboxylic acids is 6. The minimum Gasteiger partial charge on any atom is -0.465 e. The number of methoxy groups -OCH3 is 2. The number of amides is 4. The van der Waals surface area contributed by atoms with Crippen LogP contribution in [-0.4, -0.2) is 56.6 Å². The first-order valence-corrected chi connectivity index (χ1v) is 14.9. The molecule has 0 radical (unpaired) electrons. The van der Waals surface area contributed by atoms with Gasteiger partial charge in [-0.2, -0.15) is 0 Å². The number of rotatable bonds is 10. The summed E-state index contributed by atoms with van der Waals surface area (Å²) in [7, 11) is 2.55. The lowest BCUT2D eigenvalue weighted by Crippen LogP contribution is -2.29. The van der Waals surface area contributed by atoms with Crippen LogP contribution in [0.15, 0.2) is 97.1 Å². The summed E-state index contributed by atoms with van der Waals surface area (Å²) in [6, 6.07) is 25.4. The Morgan fingerprint density at radius 1 is 0.592 bits per heavy atom. The van der Waals surface area contributed by atoms with E-state index in [1.165, 1.54) is 21.1 Å². The molecule has 49 heavy (non-hydrogen) atoms. The van der Waals surface area contributed by atoms with Gasteiger partial charge in [-0.1, -0.05) is 36.4 Å². The number of hydrogen-bond acceptors (Lipinski definition) is 9. The van der Waals surface area contributed by atoms with Crippen LogP contribution in [-0.2, 0) is 20.8 Å². The zero-order valence-corrected chi connectivity index (χ0v) is 27.3. The minimum absolute atomic E-state index is 0. The average molecular weight is 677 g/mol. The molecule has 0 saturated heterocycles. The van der Waals surface area contributed by atoms with Gasteiger partial charge in [-0.15, -0.1) is 0 Å². The minimum atomic E-state index is -0.535. The van der Waals surface area contributed by atoms with Gasteiger partial charge >= 0.3 is 30.0 Å². The zero-order chi connectivity index (χ0) is 35.8. The fourth-order valence-corrected chi connectivity index (χ4v) is 4.16. The third kappa shape index (κ3) is 11.4. The van der Waals surface area contributed by atoms with Gasteiger partial charge in [0.25, 0.3) is 0 Å². The molecule has 4 amide bonds. The van der Waals surface area contributed by atoms with Crippen LogP contribution < -0.4 is 21.3 Å². The van der Waals surface area contributed by atoms with Gasteiger partial charge in [0.05, 0.1) is 48.9 Å². The van der Waals surface area contributed by atoms with E-state index in [1.807, 2.05) is 0 Å². The zero-order valence-electron chi connectivity index (χ0n) is 27.3. The molecule has 13 heteroatoms. The van der Waals surface area contributed by atoms with Crippen molar-refractivity contribution in [3.05, 3.63) is 125 Å². The van der Waals surface area contributed by atoms with Crippen molar-refractivity contribution in [2.24, 2.45) is 0 Å². The summed E-state index contributed by atoms with van der Waals surface area (Å²) in [6.07, 6.45) is 0. The Morgan fingerprint density at radius 3 is 1.57 bits per heavy atom. The molecule has 4 aromatic carbocycles. The van der Waals surface area contributed by atoms with Crippen molar-refractivity contribution in [3.63, 3.8) is 0 Å². The predicted molar refractivity (Wildman–Crippen MR) is 191 cm³/mol. The number of hydrogen-bond donors (Lipinski definition) is 4. The maximum Gasteiger partial charge on any atom is 0.339 e. The second-order valence-corrected chi connectivity index (χ2v) is 10.0. The molecule has 0 aromatic heterocycles. The van der Waals surface area contributed by atoms with Crippen LogP contribution in [0.4, 0.5) is 26.7 Å². The Hall–Kier alpha value is -6.50. The topological polar surface area (TPSA) is 178 Å². The number of Topliss-reactive ketones (excluding diaryl/α,β-unsaturated/α-hetero) is 1. The molecule has 262 valence electrons. The van der Waals surface area contributed by atoms with Gasteiger partial charge in [0.1, 0.15) is 0 Å². The van der Waals surface area contributed by atoms with Crippen LogP contribution in [0.1, 0.15) is 66.5 Å². The Balaban J connectivity index is 0. The lowest BCUT2D eigenvalue weighted by atomic mass is 10.1. The number of esters is 3. The van der Waals surface area contributed by atoms with Crippen molar-refractivity contribution in [1.82, 2.24) is 5.32 Å². The van der Waals surface area contributed by atoms with Gasteiger partial charge in [-0.3, -0.25) is 4.79 Å². The van der Waals surface area contributed by atoms with E-state index in [-0.39, 0.29) is 35.1 Å². The molecule has 0 heterocycles. The molecule has 0 unspecified atom stereocenters. The number of carbonyl (C=O) groups is 6. The lowest BCUT2D eigenvalue weighted by molar-refractivity contribution is 0.0524. The number of anilines is 3. The molecule has 4 N–H and O–H groups in total. The first-order chi connectivity index (χ1) is 23.6. The monoisotopic (exact) mass is 676 g/mol. The molecule has 0 saturated carbocycles. The molecule has 4 aromatic rings. The summed E-state index contributed by atoms with van der Waals surface area (Å²) in [4.78, 5) is 70.2. The van der Waals surface area contributed by atoms with Crippen molar-refractivity contribution < 1.29 is 48.7 Å². The van der Waals surface area contributed by atoms with Crippen LogP contribution in [0, 0.1) is 0 Å². The van der Waals surface area contributed by atoms with Gasteiger partial charge in [-0.05, 0) is 80.1 Å². The lowest BCUT2D eigenvalue weighted by Gasteiger charge is -2.11. The molecule has 0 spiro atoms. The quantitative estimate of drug-likeness (QED) is 0.0763. The summed E-state index contributed by atoms with van der Waals surface area (Å²) >= 11 is 0. The first kappa shape index (κ1) is 37.0. The second kappa shape index (κ2) is 18.6. The molecular formula is C36H44N4O9. The van der Waals surface area contributed by atoms with E-state index in [2.05, 4.69) is 30.7 Å². The summed E-state index contributed by atoms with van der Waals surface area (Å²) in [5.74, 6) is -1.50. The molecule has 0 aliphatic rings. The highest BCUT2D eigenvalue weighted by molar-refractivity contribution is 6.05. The number of urea groups is 2. The largest absolute Gasteiger partial charge is 0.465 e. The van der Waals surface area contributed by atoms with E-state index in [4.69, 9.17) is 4.74 Å². The standard InChI is InChI=1S/C19H20N2O5.C17H16N2O4.4H2/c1-3-26-17(22)14-10-8-13(9-11-14)12-20-19(24)21-16-7-5-4-6-15(16)18(23)25-2;1-11(20)12-7-9-13(10-8-12)18-17(22)19-15-6-4-3-5-14(15)16(21)23-2;;;;/h4-11H,3,12H2,1-2H3,(H2,20,21,24);3-10H,1-2H3,(H2,18,19,22);4*1H. The van der Waals surface area contributed by atoms with Crippen LogP contribution in [0.2, 0.25) is 0 Å². The van der Waals surface area contributed by atoms with E-state index in [9.17, 15) is 28.8 Å². The number of ether oxygens (including phenoxy) is 3. The van der Waals surface area contributed by atoms with E-state index < -0.39 is 24.0 Å². The van der Waals surface area contributed by atoms with Crippen molar-refractivity contribution in [2.45, 2.75) is 20.4 Å². The van der Waals surface area contributed by atoms with Gasteiger partial charge in [-0.25, -0.2) is 24.0 Å². The van der Waals surface area contributed by atoms with Gasteiger partial charge in [0, 0.05) is 23.5 Å². The molecule has 4 rings (SSSR count). The smallest absolute Gasteiger partial charge is 0.339 e. The third-order valence-corrected chi connectivity index (χ3v) is 6.63. The Labute approximate surface area is 288 Å². The summed E-state index contributed by atoms with van der Waals surface area (Å²) < 4.78 is 14.3. The normalized spacial score (nSPS) is 9.88. The number of para-hydroxylation sites is 2. The SMILES string of the molecule is CCOC(=O)c1ccc(CNC(=O)Nc2ccccc2C(=O)OC)cc1.COC(=O)c1ccccc1NC(=O)Nc1ccc(C(C)=O)cc1.[HH].[HH].[HH].[HH]. The first-order valence-electron chi connectivity index (χ1n) is 14.9. The van der Waals surface area contributed by atoms with Crippen LogP contribution >= 0.6 is 0 Å². The van der Waals surface area contributed by atoms with Crippen LogP contribution in [0.25, 0.3) is 0 Å². The van der Waals surface area contributed by atoms with Crippen molar-refractivity contribution in [1.29, 1.82) is 0 Å². The molecule has 0 aliphatic heterocycles. The highest BCUT2D eigenvalue weighted by Gasteiger charge is 2.14. The number of ketones is 1. The number of benzene rings is 4. The highest BCUT2D eigenvalue weighted by Crippen LogP contribution is 2.18. The second-order valence-electron chi connectivity index (χ2n) is 10.0. The van der Waals surface area contributed by atoms with Crippen LogP contribution in [0.3, 0.4) is 0 Å². The molecular weight excluding hydrogens is 632 g/mol. The van der Waals surface area contributed by atoms with Gasteiger partial charge in [0.15, 0.2) is 5.78 Å². The van der Waals surface area contributed by atoms with E-state index in [1.54, 1.807) is 104 Å². The molecule has 0 fully saturated rings. The van der Waals surface area contributed by atoms with Crippen molar-refractivity contribution >= 4 is 52.8 Å². The summed E-state index contributed by atoms with van der Waals surface area (Å²) in [5, 5.41) is 10.5. The molecule has 0 aliphatic carbocycles. The Morgan fingerprint density at radius 2 is 1.08 bits per heavy atom. The van der Waals surface area contributed by atoms with Crippen molar-refractivity contribution in [3.8, 4) is 0 Å². The maximum absolute atomic E-state index is 12.1. The maximum atomic E-state index is 12.1. The average Bonchev–Trinajstić information content (AvgIpc) is 3.11. The highest BCUT2D eigenvalue weighted by atomic mass is 16.5. The molecule has 0 bridgehead atoms. The van der Waals surface area contributed by atoms with E-state index >= 15 is 0 Å². The fourth-order valence-electron chi connectivity index (χ4n) is 4.16. The summed E-state index contributed by atoms with van der Waals surface area (Å²) in [5.41, 5.74) is 3.59. The Bertz CT molecular complexity index is 1810. The van der Waals surface area contributed by atoms with E-state index in [0.717, 1.165) is 5.56 Å². The Kier molecular flexibility index (Phi) is 14.0. The summed E-state index contributed by atoms with van der Waals surface area (Å²) in [6.45, 7) is 3.79. The van der Waals surface area contributed by atoms with Crippen molar-refractivity contribution in [2.75, 3.05) is 36.8 Å². The van der Waals surface area contributed by atoms with Crippen LogP contribution in [0.5, 0.6) is 0 Å². The van der Waals surface area contributed by atoms with Gasteiger partial charge in [0.2, 0.25) is 0 Å². The van der Waals surface area contributed by atoms with Gasteiger partial charge < -0.3 is 35.5 Å².